The zero-order chi connectivity index (χ0) is 18.8. The van der Waals surface area contributed by atoms with E-state index in [1.54, 1.807) is 6.92 Å². The maximum absolute atomic E-state index is 12.1. The molecule has 3 rings (SSSR count). The van der Waals surface area contributed by atoms with E-state index >= 15 is 0 Å². The minimum Gasteiger partial charge on any atom is -0.480 e. The maximum atomic E-state index is 12.1. The summed E-state index contributed by atoms with van der Waals surface area (Å²) in [5, 5.41) is 20.8. The molecule has 0 aliphatic heterocycles. The number of hydrogen-bond donors (Lipinski definition) is 3. The smallest absolute Gasteiger partial charge is 0.408 e. The molecule has 2 aromatic rings. The van der Waals surface area contributed by atoms with Crippen molar-refractivity contribution in [2.45, 2.75) is 38.0 Å². The van der Waals surface area contributed by atoms with Crippen LogP contribution in [0.25, 0.3) is 11.1 Å². The molecule has 2 aromatic carbocycles. The molecule has 0 aromatic heterocycles. The molecule has 1 aliphatic rings. The molecule has 26 heavy (non-hydrogen) atoms. The number of rotatable bonds is 5. The topological polar surface area (TPSA) is 95.9 Å². The lowest BCUT2D eigenvalue weighted by Gasteiger charge is -2.24. The van der Waals surface area contributed by atoms with Crippen LogP contribution in [-0.2, 0) is 9.53 Å². The number of aliphatic hydroxyl groups is 1. The second-order valence-electron chi connectivity index (χ2n) is 6.46. The van der Waals surface area contributed by atoms with Gasteiger partial charge in [0, 0.05) is 5.92 Å². The van der Waals surface area contributed by atoms with Crippen molar-refractivity contribution in [3.8, 4) is 11.1 Å². The average Bonchev–Trinajstić information content (AvgIpc) is 2.93. The minimum atomic E-state index is -1.42. The van der Waals surface area contributed by atoms with Crippen molar-refractivity contribution >= 4 is 12.1 Å². The number of carbonyl (C=O) groups is 2. The number of alkyl carbamates (subject to hydrolysis) is 1. The third kappa shape index (κ3) is 3.28. The fraction of sp³-hybridized carbons (Fsp3) is 0.300. The third-order valence-electron chi connectivity index (χ3n) is 4.67. The highest BCUT2D eigenvalue weighted by Crippen LogP contribution is 2.46. The Balaban J connectivity index is 1.81. The van der Waals surface area contributed by atoms with E-state index in [-0.39, 0.29) is 5.92 Å². The second kappa shape index (κ2) is 7.17. The molecule has 3 unspecified atom stereocenters. The van der Waals surface area contributed by atoms with Gasteiger partial charge in [0.05, 0.1) is 6.10 Å². The SMILES string of the molecule is CC(O)C(NC(=O)OC(C)C1c2ccccc2-c2ccccc21)C(=O)O. The molecule has 0 spiro atoms. The normalized spacial score (nSPS) is 16.1. The molecule has 3 atom stereocenters. The van der Waals surface area contributed by atoms with E-state index in [0.717, 1.165) is 22.3 Å². The molecule has 0 saturated carbocycles. The number of benzene rings is 2. The van der Waals surface area contributed by atoms with E-state index in [0.29, 0.717) is 0 Å². The van der Waals surface area contributed by atoms with E-state index < -0.39 is 30.3 Å². The Labute approximate surface area is 151 Å². The zero-order valence-corrected chi connectivity index (χ0v) is 14.5. The van der Waals surface area contributed by atoms with Crippen molar-refractivity contribution in [1.82, 2.24) is 5.32 Å². The Kier molecular flexibility index (Phi) is 4.95. The molecule has 0 radical (unpaired) electrons. The second-order valence-corrected chi connectivity index (χ2v) is 6.46. The molecule has 6 nitrogen and oxygen atoms in total. The van der Waals surface area contributed by atoms with Gasteiger partial charge >= 0.3 is 12.1 Å². The highest BCUT2D eigenvalue weighted by molar-refractivity contribution is 5.81. The molecular formula is C20H21NO5. The molecular weight excluding hydrogens is 334 g/mol. The highest BCUT2D eigenvalue weighted by Gasteiger charge is 2.35. The van der Waals surface area contributed by atoms with Crippen molar-refractivity contribution in [1.29, 1.82) is 0 Å². The van der Waals surface area contributed by atoms with E-state index in [4.69, 9.17) is 9.84 Å². The lowest BCUT2D eigenvalue weighted by molar-refractivity contribution is -0.142. The largest absolute Gasteiger partial charge is 0.480 e. The first-order valence-electron chi connectivity index (χ1n) is 8.46. The fourth-order valence-electron chi connectivity index (χ4n) is 3.49. The fourth-order valence-corrected chi connectivity index (χ4v) is 3.49. The predicted molar refractivity (Wildman–Crippen MR) is 95.9 cm³/mol. The number of amides is 1. The number of aliphatic carboxylic acids is 1. The first-order valence-corrected chi connectivity index (χ1v) is 8.46. The summed E-state index contributed by atoms with van der Waals surface area (Å²) in [6, 6.07) is 14.5. The van der Waals surface area contributed by atoms with Crippen LogP contribution in [0.3, 0.4) is 0 Å². The first-order chi connectivity index (χ1) is 12.4. The van der Waals surface area contributed by atoms with Crippen molar-refractivity contribution in [2.24, 2.45) is 0 Å². The number of nitrogens with one attached hydrogen (secondary N) is 1. The summed E-state index contributed by atoms with van der Waals surface area (Å²) in [5.74, 6) is -1.45. The van der Waals surface area contributed by atoms with Crippen LogP contribution >= 0.6 is 0 Å². The van der Waals surface area contributed by atoms with Crippen LogP contribution < -0.4 is 5.32 Å². The lowest BCUT2D eigenvalue weighted by Crippen LogP contribution is -2.48. The number of carbonyl (C=O) groups excluding carboxylic acids is 1. The van der Waals surface area contributed by atoms with E-state index in [9.17, 15) is 14.7 Å². The van der Waals surface area contributed by atoms with Gasteiger partial charge in [-0.1, -0.05) is 48.5 Å². The van der Waals surface area contributed by atoms with Gasteiger partial charge in [0.25, 0.3) is 0 Å². The number of aliphatic hydroxyl groups excluding tert-OH is 1. The Morgan fingerprint density at radius 3 is 1.96 bits per heavy atom. The zero-order valence-electron chi connectivity index (χ0n) is 14.5. The number of carboxylic acids is 1. The Bertz CT molecular complexity index is 787. The summed E-state index contributed by atoms with van der Waals surface area (Å²) in [6.45, 7) is 3.08. The molecule has 0 bridgehead atoms. The summed E-state index contributed by atoms with van der Waals surface area (Å²) in [6.07, 6.45) is -2.61. The van der Waals surface area contributed by atoms with Crippen LogP contribution in [0, 0.1) is 0 Å². The van der Waals surface area contributed by atoms with Crippen LogP contribution in [0.2, 0.25) is 0 Å². The number of carboxylic acid groups (broad SMARTS) is 1. The number of fused-ring (bicyclic) bond motifs is 3. The number of ether oxygens (including phenoxy) is 1. The molecule has 3 N–H and O–H groups in total. The van der Waals surface area contributed by atoms with Gasteiger partial charge in [-0.25, -0.2) is 9.59 Å². The Hall–Kier alpha value is -2.86. The lowest BCUT2D eigenvalue weighted by atomic mass is 9.92. The minimum absolute atomic E-state index is 0.136. The van der Waals surface area contributed by atoms with Crippen LogP contribution in [0.4, 0.5) is 4.79 Å². The van der Waals surface area contributed by atoms with E-state index in [1.165, 1.54) is 6.92 Å². The molecule has 1 aliphatic carbocycles. The standard InChI is InChI=1S/C20H21NO5/c1-11(22)18(19(23)24)21-20(25)26-12(2)17-15-9-5-3-7-13(15)14-8-4-6-10-16(14)17/h3-12,17-18,22H,1-2H3,(H,21,25)(H,23,24). The summed E-state index contributed by atoms with van der Waals surface area (Å²) in [5.41, 5.74) is 4.35. The maximum Gasteiger partial charge on any atom is 0.408 e. The van der Waals surface area contributed by atoms with Gasteiger partial charge in [0.2, 0.25) is 0 Å². The van der Waals surface area contributed by atoms with Crippen LogP contribution in [0.15, 0.2) is 48.5 Å². The average molecular weight is 355 g/mol. The predicted octanol–water partition coefficient (Wildman–Crippen LogP) is 2.75. The quantitative estimate of drug-likeness (QED) is 0.766. The van der Waals surface area contributed by atoms with Crippen molar-refractivity contribution in [3.63, 3.8) is 0 Å². The van der Waals surface area contributed by atoms with Crippen molar-refractivity contribution in [3.05, 3.63) is 59.7 Å². The third-order valence-corrected chi connectivity index (χ3v) is 4.67. The summed E-state index contributed by atoms with van der Waals surface area (Å²) in [7, 11) is 0. The van der Waals surface area contributed by atoms with Crippen LogP contribution in [-0.4, -0.2) is 40.5 Å². The molecule has 1 amide bonds. The van der Waals surface area contributed by atoms with Crippen molar-refractivity contribution < 1.29 is 24.5 Å². The van der Waals surface area contributed by atoms with Gasteiger partial charge in [-0.2, -0.15) is 0 Å². The summed E-state index contributed by atoms with van der Waals surface area (Å²) in [4.78, 5) is 23.3. The van der Waals surface area contributed by atoms with Gasteiger partial charge in [-0.15, -0.1) is 0 Å². The first kappa shape index (κ1) is 17.9. The van der Waals surface area contributed by atoms with Gasteiger partial charge in [0.1, 0.15) is 6.10 Å². The molecule has 0 fully saturated rings. The Morgan fingerprint density at radius 2 is 1.50 bits per heavy atom. The summed E-state index contributed by atoms with van der Waals surface area (Å²) >= 11 is 0. The van der Waals surface area contributed by atoms with Gasteiger partial charge in [0.15, 0.2) is 6.04 Å². The van der Waals surface area contributed by atoms with Gasteiger partial charge < -0.3 is 20.3 Å². The molecule has 136 valence electrons. The summed E-state index contributed by atoms with van der Waals surface area (Å²) < 4.78 is 5.45. The van der Waals surface area contributed by atoms with Gasteiger partial charge in [-0.05, 0) is 36.1 Å². The van der Waals surface area contributed by atoms with Crippen LogP contribution in [0.5, 0.6) is 0 Å². The van der Waals surface area contributed by atoms with E-state index in [2.05, 4.69) is 5.32 Å². The highest BCUT2D eigenvalue weighted by atomic mass is 16.6. The van der Waals surface area contributed by atoms with Crippen LogP contribution in [0.1, 0.15) is 30.9 Å². The van der Waals surface area contributed by atoms with Gasteiger partial charge in [-0.3, -0.25) is 0 Å². The monoisotopic (exact) mass is 355 g/mol. The van der Waals surface area contributed by atoms with E-state index in [1.807, 2.05) is 48.5 Å². The number of hydrogen-bond acceptors (Lipinski definition) is 4. The Morgan fingerprint density at radius 1 is 1.00 bits per heavy atom. The molecule has 0 saturated heterocycles. The molecule has 6 heteroatoms. The molecule has 0 heterocycles. The van der Waals surface area contributed by atoms with Crippen molar-refractivity contribution in [2.75, 3.05) is 0 Å².